The summed E-state index contributed by atoms with van der Waals surface area (Å²) in [5, 5.41) is 0. The first-order valence-electron chi connectivity index (χ1n) is 7.43. The summed E-state index contributed by atoms with van der Waals surface area (Å²) in [4.78, 5) is 0. The van der Waals surface area contributed by atoms with Crippen LogP contribution >= 0.6 is 7.82 Å². The number of para-hydroxylation sites is 2. The molecule has 1 atom stereocenters. The molecule has 0 N–H and O–H groups in total. The first-order chi connectivity index (χ1) is 13.0. The smallest absolute Gasteiger partial charge is 0.395 e. The number of alkyl halides is 7. The van der Waals surface area contributed by atoms with E-state index in [4.69, 9.17) is 9.05 Å². The third kappa shape index (κ3) is 4.96. The Kier molecular flexibility index (Phi) is 6.61. The molecule has 0 fully saturated rings. The summed E-state index contributed by atoms with van der Waals surface area (Å²) >= 11 is 0. The number of hydrogen-bond donors (Lipinski definition) is 0. The van der Waals surface area contributed by atoms with Gasteiger partial charge in [0.1, 0.15) is 11.5 Å². The lowest BCUT2D eigenvalue weighted by atomic mass is 10.2. The van der Waals surface area contributed by atoms with Gasteiger partial charge in [-0.3, -0.25) is 0 Å². The summed E-state index contributed by atoms with van der Waals surface area (Å²) in [6.45, 7) is 0. The summed E-state index contributed by atoms with van der Waals surface area (Å²) < 4.78 is 117. The standard InChI is InChI=1S/C16H12F7O4P/c17-13(18)15(20,21)16(22,23)14(19)27-28(24,25-11-7-3-1-4-8-11)26-12-9-5-2-6-10-12/h1-10,13-14H. The fourth-order valence-electron chi connectivity index (χ4n) is 1.76. The highest BCUT2D eigenvalue weighted by Gasteiger charge is 2.69. The van der Waals surface area contributed by atoms with Gasteiger partial charge in [0.25, 0.3) is 6.36 Å². The molecule has 28 heavy (non-hydrogen) atoms. The molecule has 0 aromatic heterocycles. The lowest BCUT2D eigenvalue weighted by Gasteiger charge is -2.29. The molecule has 0 aliphatic rings. The Labute approximate surface area is 154 Å². The number of phosphoric ester groups is 1. The fraction of sp³-hybridized carbons (Fsp3) is 0.250. The second-order valence-electron chi connectivity index (χ2n) is 5.22. The second kappa shape index (κ2) is 8.40. The molecule has 4 nitrogen and oxygen atoms in total. The monoisotopic (exact) mass is 432 g/mol. The van der Waals surface area contributed by atoms with Crippen LogP contribution in [-0.4, -0.2) is 24.6 Å². The molecular formula is C16H12F7O4P. The van der Waals surface area contributed by atoms with Crippen LogP contribution in [0.4, 0.5) is 30.7 Å². The minimum Gasteiger partial charge on any atom is -0.395 e. The highest BCUT2D eigenvalue weighted by Crippen LogP contribution is 2.54. The minimum absolute atomic E-state index is 0.307. The molecule has 2 aromatic rings. The molecular weight excluding hydrogens is 420 g/mol. The zero-order valence-corrected chi connectivity index (χ0v) is 14.5. The summed E-state index contributed by atoms with van der Waals surface area (Å²) in [6.07, 6.45) is -9.34. The third-order valence-corrected chi connectivity index (χ3v) is 4.46. The molecule has 2 rings (SSSR count). The Morgan fingerprint density at radius 2 is 1.11 bits per heavy atom. The average Bonchev–Trinajstić information content (AvgIpc) is 2.62. The summed E-state index contributed by atoms with van der Waals surface area (Å²) in [5.74, 6) is -12.7. The normalized spacial score (nSPS) is 14.0. The Morgan fingerprint density at radius 3 is 1.46 bits per heavy atom. The molecule has 1 unspecified atom stereocenters. The van der Waals surface area contributed by atoms with E-state index >= 15 is 0 Å². The van der Waals surface area contributed by atoms with Gasteiger partial charge in [0.05, 0.1) is 0 Å². The predicted octanol–water partition coefficient (Wildman–Crippen LogP) is 6.10. The zero-order chi connectivity index (χ0) is 21.0. The van der Waals surface area contributed by atoms with Crippen LogP contribution in [0.1, 0.15) is 0 Å². The van der Waals surface area contributed by atoms with Crippen molar-refractivity contribution in [2.24, 2.45) is 0 Å². The van der Waals surface area contributed by atoms with Gasteiger partial charge in [-0.05, 0) is 24.3 Å². The van der Waals surface area contributed by atoms with E-state index in [-0.39, 0.29) is 11.5 Å². The Balaban J connectivity index is 2.32. The van der Waals surface area contributed by atoms with Gasteiger partial charge in [0.15, 0.2) is 0 Å². The van der Waals surface area contributed by atoms with Crippen LogP contribution in [0.2, 0.25) is 0 Å². The van der Waals surface area contributed by atoms with Gasteiger partial charge >= 0.3 is 26.1 Å². The van der Waals surface area contributed by atoms with Gasteiger partial charge in [0.2, 0.25) is 0 Å². The number of phosphoric acid groups is 1. The summed E-state index contributed by atoms with van der Waals surface area (Å²) in [5.41, 5.74) is 0. The van der Waals surface area contributed by atoms with Crippen LogP contribution in [0, 0.1) is 0 Å². The first kappa shape index (κ1) is 22.0. The molecule has 154 valence electrons. The van der Waals surface area contributed by atoms with Crippen LogP contribution < -0.4 is 9.05 Å². The van der Waals surface area contributed by atoms with Crippen molar-refractivity contribution in [2.75, 3.05) is 0 Å². The van der Waals surface area contributed by atoms with E-state index in [1.807, 2.05) is 0 Å². The van der Waals surface area contributed by atoms with Gasteiger partial charge in [0, 0.05) is 0 Å². The highest BCUT2D eigenvalue weighted by molar-refractivity contribution is 7.49. The van der Waals surface area contributed by atoms with E-state index in [2.05, 4.69) is 4.52 Å². The number of rotatable bonds is 9. The van der Waals surface area contributed by atoms with E-state index in [0.29, 0.717) is 0 Å². The van der Waals surface area contributed by atoms with E-state index < -0.39 is 32.5 Å². The van der Waals surface area contributed by atoms with Crippen LogP contribution in [0.25, 0.3) is 0 Å². The largest absolute Gasteiger partial charge is 0.590 e. The molecule has 12 heteroatoms. The minimum atomic E-state index is -6.10. The molecule has 0 spiro atoms. The van der Waals surface area contributed by atoms with Gasteiger partial charge in [-0.2, -0.15) is 17.6 Å². The van der Waals surface area contributed by atoms with Crippen molar-refractivity contribution in [3.8, 4) is 11.5 Å². The van der Waals surface area contributed by atoms with Crippen molar-refractivity contribution < 1.29 is 48.9 Å². The van der Waals surface area contributed by atoms with Gasteiger partial charge in [-0.25, -0.2) is 22.3 Å². The maximum Gasteiger partial charge on any atom is 0.590 e. The molecule has 0 amide bonds. The van der Waals surface area contributed by atoms with Crippen molar-refractivity contribution >= 4 is 7.82 Å². The molecule has 0 saturated carbocycles. The number of halogens is 7. The zero-order valence-electron chi connectivity index (χ0n) is 13.7. The molecule has 0 radical (unpaired) electrons. The van der Waals surface area contributed by atoms with Crippen molar-refractivity contribution in [1.29, 1.82) is 0 Å². The van der Waals surface area contributed by atoms with Crippen LogP contribution in [0.3, 0.4) is 0 Å². The Bertz CT molecular complexity index is 760. The topological polar surface area (TPSA) is 44.8 Å². The maximum absolute atomic E-state index is 13.8. The first-order valence-corrected chi connectivity index (χ1v) is 8.89. The second-order valence-corrected chi connectivity index (χ2v) is 6.69. The molecule has 0 heterocycles. The van der Waals surface area contributed by atoms with E-state index in [0.717, 1.165) is 24.3 Å². The van der Waals surface area contributed by atoms with Gasteiger partial charge < -0.3 is 9.05 Å². The van der Waals surface area contributed by atoms with Crippen molar-refractivity contribution in [3.63, 3.8) is 0 Å². The van der Waals surface area contributed by atoms with Gasteiger partial charge in [-0.1, -0.05) is 36.4 Å². The fourth-order valence-corrected chi connectivity index (χ4v) is 3.00. The van der Waals surface area contributed by atoms with Crippen LogP contribution in [-0.2, 0) is 9.09 Å². The van der Waals surface area contributed by atoms with E-state index in [9.17, 15) is 35.3 Å². The van der Waals surface area contributed by atoms with Crippen molar-refractivity contribution in [2.45, 2.75) is 24.6 Å². The summed E-state index contributed by atoms with van der Waals surface area (Å²) in [7, 11) is -5.35. The van der Waals surface area contributed by atoms with Gasteiger partial charge in [-0.15, -0.1) is 0 Å². The van der Waals surface area contributed by atoms with Crippen molar-refractivity contribution in [3.05, 3.63) is 60.7 Å². The molecule has 0 aliphatic carbocycles. The van der Waals surface area contributed by atoms with Crippen molar-refractivity contribution in [1.82, 2.24) is 0 Å². The van der Waals surface area contributed by atoms with E-state index in [1.54, 1.807) is 0 Å². The molecule has 2 aromatic carbocycles. The Hall–Kier alpha value is -2.26. The molecule has 0 bridgehead atoms. The Morgan fingerprint density at radius 1 is 0.714 bits per heavy atom. The van der Waals surface area contributed by atoms with Crippen LogP contribution in [0.15, 0.2) is 60.7 Å². The summed E-state index contributed by atoms with van der Waals surface area (Å²) in [6, 6.07) is 13.0. The lowest BCUT2D eigenvalue weighted by Crippen LogP contribution is -2.53. The SMILES string of the molecule is O=P(Oc1ccccc1)(Oc1ccccc1)OC(F)C(F)(F)C(F)(F)C(F)F. The van der Waals surface area contributed by atoms with E-state index in [1.165, 1.54) is 36.4 Å². The lowest BCUT2D eigenvalue weighted by molar-refractivity contribution is -0.312. The maximum atomic E-state index is 13.8. The molecule has 0 saturated heterocycles. The number of benzene rings is 2. The number of hydrogen-bond acceptors (Lipinski definition) is 4. The molecule has 0 aliphatic heterocycles. The predicted molar refractivity (Wildman–Crippen MR) is 83.6 cm³/mol. The quantitative estimate of drug-likeness (QED) is 0.355. The third-order valence-electron chi connectivity index (χ3n) is 3.15. The highest BCUT2D eigenvalue weighted by atomic mass is 31.2. The van der Waals surface area contributed by atoms with Crippen LogP contribution in [0.5, 0.6) is 11.5 Å². The average molecular weight is 432 g/mol.